The molecule has 0 spiro atoms. The lowest BCUT2D eigenvalue weighted by Crippen LogP contribution is -2.40. The highest BCUT2D eigenvalue weighted by molar-refractivity contribution is 7.99. The van der Waals surface area contributed by atoms with Gasteiger partial charge in [0, 0.05) is 31.4 Å². The predicted octanol–water partition coefficient (Wildman–Crippen LogP) is 0.992. The lowest BCUT2D eigenvalue weighted by Gasteiger charge is -2.26. The molecule has 104 valence electrons. The average Bonchev–Trinajstić information content (AvgIpc) is 3.13. The van der Waals surface area contributed by atoms with Gasteiger partial charge >= 0.3 is 0 Å². The molecule has 1 atom stereocenters. The van der Waals surface area contributed by atoms with Gasteiger partial charge in [-0.1, -0.05) is 0 Å². The van der Waals surface area contributed by atoms with E-state index in [9.17, 15) is 8.42 Å². The van der Waals surface area contributed by atoms with Crippen molar-refractivity contribution in [1.29, 1.82) is 0 Å². The molecule has 18 heavy (non-hydrogen) atoms. The zero-order valence-electron chi connectivity index (χ0n) is 10.8. The zero-order valence-corrected chi connectivity index (χ0v) is 12.4. The van der Waals surface area contributed by atoms with Crippen LogP contribution in [0.25, 0.3) is 0 Å². The van der Waals surface area contributed by atoms with Crippen LogP contribution in [0.4, 0.5) is 0 Å². The summed E-state index contributed by atoms with van der Waals surface area (Å²) in [6.45, 7) is 3.44. The Morgan fingerprint density at radius 1 is 1.00 bits per heavy atom. The Morgan fingerprint density at radius 2 is 1.83 bits per heavy atom. The van der Waals surface area contributed by atoms with E-state index >= 15 is 0 Å². The average molecular weight is 290 g/mol. The quantitative estimate of drug-likeness (QED) is 0.777. The minimum Gasteiger partial charge on any atom is -0.298 e. The summed E-state index contributed by atoms with van der Waals surface area (Å²) in [5, 5.41) is -0.0499. The number of hydrogen-bond acceptors (Lipinski definition) is 4. The van der Waals surface area contributed by atoms with Crippen LogP contribution in [0.2, 0.25) is 0 Å². The zero-order chi connectivity index (χ0) is 12.6. The van der Waals surface area contributed by atoms with Gasteiger partial charge in [0.2, 0.25) is 10.0 Å². The predicted molar refractivity (Wildman–Crippen MR) is 75.4 cm³/mol. The Bertz CT molecular complexity index is 389. The van der Waals surface area contributed by atoms with Crippen molar-refractivity contribution in [3.63, 3.8) is 0 Å². The Morgan fingerprint density at radius 3 is 2.50 bits per heavy atom. The van der Waals surface area contributed by atoms with Crippen molar-refractivity contribution >= 4 is 21.8 Å². The van der Waals surface area contributed by atoms with E-state index in [1.807, 2.05) is 11.8 Å². The molecule has 3 aliphatic rings. The Labute approximate surface area is 114 Å². The fourth-order valence-corrected chi connectivity index (χ4v) is 6.05. The second-order valence-corrected chi connectivity index (χ2v) is 8.91. The van der Waals surface area contributed by atoms with Gasteiger partial charge < -0.3 is 0 Å². The van der Waals surface area contributed by atoms with E-state index in [0.29, 0.717) is 12.6 Å². The summed E-state index contributed by atoms with van der Waals surface area (Å²) in [4.78, 5) is 2.52. The molecule has 4 nitrogen and oxygen atoms in total. The fraction of sp³-hybridized carbons (Fsp3) is 1.00. The van der Waals surface area contributed by atoms with Crippen LogP contribution in [-0.2, 0) is 10.0 Å². The first kappa shape index (κ1) is 13.2. The summed E-state index contributed by atoms with van der Waals surface area (Å²) in [6.07, 6.45) is 4.02. The smallest absolute Gasteiger partial charge is 0.217 e. The molecule has 0 aromatic rings. The van der Waals surface area contributed by atoms with Crippen LogP contribution in [0.15, 0.2) is 0 Å². The highest BCUT2D eigenvalue weighted by Crippen LogP contribution is 2.32. The number of rotatable bonds is 3. The summed E-state index contributed by atoms with van der Waals surface area (Å²) >= 11 is 2.03. The summed E-state index contributed by atoms with van der Waals surface area (Å²) in [6, 6.07) is 0.693. The van der Waals surface area contributed by atoms with Crippen LogP contribution in [0.3, 0.4) is 0 Å². The lowest BCUT2D eigenvalue weighted by atomic mass is 10.2. The Hall–Kier alpha value is 0.220. The normalized spacial score (nSPS) is 32.6. The van der Waals surface area contributed by atoms with E-state index in [1.54, 1.807) is 4.31 Å². The molecule has 0 bridgehead atoms. The highest BCUT2D eigenvalue weighted by Gasteiger charge is 2.40. The maximum absolute atomic E-state index is 12.2. The molecular formula is C12H22N2O2S2. The van der Waals surface area contributed by atoms with Gasteiger partial charge in [-0.05, 0) is 38.0 Å². The van der Waals surface area contributed by atoms with Crippen molar-refractivity contribution in [1.82, 2.24) is 9.21 Å². The van der Waals surface area contributed by atoms with Crippen LogP contribution in [0.5, 0.6) is 0 Å². The van der Waals surface area contributed by atoms with E-state index in [1.165, 1.54) is 17.9 Å². The summed E-state index contributed by atoms with van der Waals surface area (Å²) in [5.41, 5.74) is 0. The van der Waals surface area contributed by atoms with E-state index in [4.69, 9.17) is 0 Å². The van der Waals surface area contributed by atoms with Crippen molar-refractivity contribution in [2.45, 2.75) is 37.0 Å². The second kappa shape index (κ2) is 5.31. The summed E-state index contributed by atoms with van der Waals surface area (Å²) in [7, 11) is -2.96. The topological polar surface area (TPSA) is 40.6 Å². The van der Waals surface area contributed by atoms with Crippen LogP contribution >= 0.6 is 11.8 Å². The highest BCUT2D eigenvalue weighted by atomic mass is 32.2. The fourth-order valence-electron chi connectivity index (χ4n) is 2.92. The van der Waals surface area contributed by atoms with Gasteiger partial charge in [-0.2, -0.15) is 11.8 Å². The van der Waals surface area contributed by atoms with Crippen molar-refractivity contribution in [2.24, 2.45) is 0 Å². The largest absolute Gasteiger partial charge is 0.298 e. The number of hydrogen-bond donors (Lipinski definition) is 0. The second-order valence-electron chi connectivity index (χ2n) is 5.55. The third-order valence-electron chi connectivity index (χ3n) is 4.22. The number of sulfonamides is 1. The summed E-state index contributed by atoms with van der Waals surface area (Å²) in [5.74, 6) is 2.50. The first-order valence-corrected chi connectivity index (χ1v) is 9.64. The molecule has 3 rings (SSSR count). The van der Waals surface area contributed by atoms with Crippen LogP contribution in [0.1, 0.15) is 25.7 Å². The molecule has 2 aliphatic heterocycles. The molecule has 0 aromatic heterocycles. The third-order valence-corrected chi connectivity index (χ3v) is 7.76. The number of thioether (sulfide) groups is 1. The molecular weight excluding hydrogens is 268 g/mol. The SMILES string of the molecule is O=S(=O)(C1CC1)N1CCCN(C2CCSC2)CC1. The Balaban J connectivity index is 1.61. The van der Waals surface area contributed by atoms with Gasteiger partial charge in [0.05, 0.1) is 5.25 Å². The van der Waals surface area contributed by atoms with Gasteiger partial charge in [0.15, 0.2) is 0 Å². The van der Waals surface area contributed by atoms with Gasteiger partial charge in [0.1, 0.15) is 0 Å². The molecule has 0 amide bonds. The van der Waals surface area contributed by atoms with E-state index in [0.717, 1.165) is 38.9 Å². The standard InChI is InChI=1S/C12H22N2O2S2/c15-18(16,12-2-3-12)14-6-1-5-13(7-8-14)11-4-9-17-10-11/h11-12H,1-10H2. The first-order valence-electron chi connectivity index (χ1n) is 6.99. The lowest BCUT2D eigenvalue weighted by molar-refractivity contribution is 0.223. The maximum atomic E-state index is 12.2. The molecule has 0 aromatic carbocycles. The van der Waals surface area contributed by atoms with Gasteiger partial charge in [0.25, 0.3) is 0 Å². The monoisotopic (exact) mass is 290 g/mol. The van der Waals surface area contributed by atoms with Crippen LogP contribution < -0.4 is 0 Å². The molecule has 0 radical (unpaired) electrons. The van der Waals surface area contributed by atoms with Crippen LogP contribution in [0, 0.1) is 0 Å². The summed E-state index contributed by atoms with van der Waals surface area (Å²) < 4.78 is 26.2. The van der Waals surface area contributed by atoms with Gasteiger partial charge in [-0.3, -0.25) is 4.90 Å². The molecule has 2 heterocycles. The van der Waals surface area contributed by atoms with Crippen molar-refractivity contribution < 1.29 is 8.42 Å². The molecule has 6 heteroatoms. The van der Waals surface area contributed by atoms with Gasteiger partial charge in [-0.25, -0.2) is 12.7 Å². The van der Waals surface area contributed by atoms with Crippen LogP contribution in [-0.4, -0.2) is 66.6 Å². The minimum absolute atomic E-state index is 0.0499. The molecule has 0 N–H and O–H groups in total. The Kier molecular flexibility index (Phi) is 3.90. The third kappa shape index (κ3) is 2.71. The van der Waals surface area contributed by atoms with Crippen molar-refractivity contribution in [3.05, 3.63) is 0 Å². The van der Waals surface area contributed by atoms with Gasteiger partial charge in [-0.15, -0.1) is 0 Å². The minimum atomic E-state index is -2.96. The maximum Gasteiger partial charge on any atom is 0.217 e. The van der Waals surface area contributed by atoms with E-state index in [2.05, 4.69) is 4.90 Å². The van der Waals surface area contributed by atoms with Crippen molar-refractivity contribution in [3.8, 4) is 0 Å². The molecule has 1 saturated carbocycles. The first-order chi connectivity index (χ1) is 8.68. The van der Waals surface area contributed by atoms with Crippen molar-refractivity contribution in [2.75, 3.05) is 37.7 Å². The molecule has 1 aliphatic carbocycles. The van der Waals surface area contributed by atoms with E-state index in [-0.39, 0.29) is 5.25 Å². The molecule has 2 saturated heterocycles. The number of nitrogens with zero attached hydrogens (tertiary/aromatic N) is 2. The van der Waals surface area contributed by atoms with E-state index < -0.39 is 10.0 Å². The molecule has 1 unspecified atom stereocenters. The molecule has 3 fully saturated rings.